The van der Waals surface area contributed by atoms with Crippen molar-refractivity contribution in [2.24, 2.45) is 0 Å². The standard InChI is InChI=1S/C19H23N3O3/c1-2-22(12-10-15-7-5-6-11-20-15)19(23)21-13-16-14-24-17-8-3-4-9-18(17)25-16/h3-9,11,16H,2,10,12-14H2,1H3,(H,21,23). The van der Waals surface area contributed by atoms with E-state index in [2.05, 4.69) is 10.3 Å². The van der Waals surface area contributed by atoms with E-state index in [9.17, 15) is 4.79 Å². The lowest BCUT2D eigenvalue weighted by Gasteiger charge is -2.28. The van der Waals surface area contributed by atoms with Gasteiger partial charge in [0.25, 0.3) is 0 Å². The van der Waals surface area contributed by atoms with Crippen LogP contribution in [0.25, 0.3) is 0 Å². The van der Waals surface area contributed by atoms with Gasteiger partial charge in [0.1, 0.15) is 6.61 Å². The number of ether oxygens (including phenoxy) is 2. The van der Waals surface area contributed by atoms with Gasteiger partial charge in [0, 0.05) is 31.4 Å². The molecule has 2 amide bonds. The van der Waals surface area contributed by atoms with Gasteiger partial charge in [0.05, 0.1) is 6.54 Å². The molecular weight excluding hydrogens is 318 g/mol. The maximum atomic E-state index is 12.4. The highest BCUT2D eigenvalue weighted by molar-refractivity contribution is 5.74. The number of hydrogen-bond donors (Lipinski definition) is 1. The number of carbonyl (C=O) groups is 1. The zero-order valence-corrected chi connectivity index (χ0v) is 14.4. The summed E-state index contributed by atoms with van der Waals surface area (Å²) in [4.78, 5) is 18.4. The van der Waals surface area contributed by atoms with Gasteiger partial charge in [-0.15, -0.1) is 0 Å². The lowest BCUT2D eigenvalue weighted by atomic mass is 10.2. The normalized spacial score (nSPS) is 15.5. The third kappa shape index (κ3) is 4.62. The summed E-state index contributed by atoms with van der Waals surface area (Å²) < 4.78 is 11.5. The van der Waals surface area contributed by atoms with E-state index < -0.39 is 0 Å². The maximum absolute atomic E-state index is 12.4. The zero-order valence-electron chi connectivity index (χ0n) is 14.4. The number of carbonyl (C=O) groups excluding carboxylic acids is 1. The smallest absolute Gasteiger partial charge is 0.317 e. The van der Waals surface area contributed by atoms with Crippen LogP contribution in [0.4, 0.5) is 4.79 Å². The van der Waals surface area contributed by atoms with Crippen LogP contribution < -0.4 is 14.8 Å². The Kier molecular flexibility index (Phi) is 5.72. The molecule has 1 aliphatic heterocycles. The molecule has 1 atom stereocenters. The van der Waals surface area contributed by atoms with Crippen molar-refractivity contribution in [3.63, 3.8) is 0 Å². The molecule has 1 aliphatic rings. The molecule has 1 aromatic carbocycles. The Morgan fingerprint density at radius 3 is 2.80 bits per heavy atom. The van der Waals surface area contributed by atoms with E-state index in [-0.39, 0.29) is 12.1 Å². The van der Waals surface area contributed by atoms with Gasteiger partial charge in [-0.05, 0) is 31.2 Å². The van der Waals surface area contributed by atoms with Crippen molar-refractivity contribution in [2.75, 3.05) is 26.2 Å². The van der Waals surface area contributed by atoms with Crippen LogP contribution in [0.3, 0.4) is 0 Å². The quantitative estimate of drug-likeness (QED) is 0.877. The Morgan fingerprint density at radius 1 is 1.24 bits per heavy atom. The summed E-state index contributed by atoms with van der Waals surface area (Å²) in [6.07, 6.45) is 2.32. The molecule has 2 aromatic rings. The average molecular weight is 341 g/mol. The number of hydrogen-bond acceptors (Lipinski definition) is 4. The predicted molar refractivity (Wildman–Crippen MR) is 94.9 cm³/mol. The van der Waals surface area contributed by atoms with E-state index in [1.807, 2.05) is 49.4 Å². The van der Waals surface area contributed by atoms with E-state index in [1.165, 1.54) is 0 Å². The summed E-state index contributed by atoms with van der Waals surface area (Å²) in [6, 6.07) is 13.3. The molecule has 6 heteroatoms. The van der Waals surface area contributed by atoms with Crippen molar-refractivity contribution in [1.29, 1.82) is 0 Å². The van der Waals surface area contributed by atoms with Gasteiger partial charge in [0.15, 0.2) is 17.6 Å². The SMILES string of the molecule is CCN(CCc1ccccn1)C(=O)NCC1COc2ccccc2O1. The van der Waals surface area contributed by atoms with Gasteiger partial charge in [-0.3, -0.25) is 4.98 Å². The Balaban J connectivity index is 1.46. The Hall–Kier alpha value is -2.76. The number of pyridine rings is 1. The first-order valence-corrected chi connectivity index (χ1v) is 8.57. The fraction of sp³-hybridized carbons (Fsp3) is 0.368. The fourth-order valence-electron chi connectivity index (χ4n) is 2.68. The molecule has 2 heterocycles. The third-order valence-electron chi connectivity index (χ3n) is 4.08. The molecule has 0 spiro atoms. The number of para-hydroxylation sites is 2. The molecule has 3 rings (SSSR count). The number of aromatic nitrogens is 1. The lowest BCUT2D eigenvalue weighted by Crippen LogP contribution is -2.46. The van der Waals surface area contributed by atoms with Crippen molar-refractivity contribution in [3.8, 4) is 11.5 Å². The molecule has 0 aliphatic carbocycles. The first-order valence-electron chi connectivity index (χ1n) is 8.57. The topological polar surface area (TPSA) is 63.7 Å². The molecule has 1 aromatic heterocycles. The molecule has 1 N–H and O–H groups in total. The average Bonchev–Trinajstić information content (AvgIpc) is 2.67. The Bertz CT molecular complexity index is 693. The summed E-state index contributed by atoms with van der Waals surface area (Å²) in [5.41, 5.74) is 0.981. The van der Waals surface area contributed by atoms with Gasteiger partial charge in [-0.2, -0.15) is 0 Å². The second kappa shape index (κ2) is 8.37. The lowest BCUT2D eigenvalue weighted by molar-refractivity contribution is 0.0902. The largest absolute Gasteiger partial charge is 0.486 e. The Morgan fingerprint density at radius 2 is 2.04 bits per heavy atom. The van der Waals surface area contributed by atoms with Crippen molar-refractivity contribution < 1.29 is 14.3 Å². The number of amides is 2. The van der Waals surface area contributed by atoms with Crippen LogP contribution in [-0.2, 0) is 6.42 Å². The molecule has 132 valence electrons. The highest BCUT2D eigenvalue weighted by Crippen LogP contribution is 2.30. The van der Waals surface area contributed by atoms with Crippen molar-refractivity contribution in [3.05, 3.63) is 54.4 Å². The van der Waals surface area contributed by atoms with Crippen molar-refractivity contribution in [2.45, 2.75) is 19.4 Å². The fourth-order valence-corrected chi connectivity index (χ4v) is 2.68. The minimum absolute atomic E-state index is 0.0964. The number of urea groups is 1. The highest BCUT2D eigenvalue weighted by Gasteiger charge is 2.22. The van der Waals surface area contributed by atoms with Crippen LogP contribution in [0.1, 0.15) is 12.6 Å². The predicted octanol–water partition coefficient (Wildman–Crippen LogP) is 2.50. The first kappa shape index (κ1) is 17.1. The summed E-state index contributed by atoms with van der Waals surface area (Å²) in [5.74, 6) is 1.46. The van der Waals surface area contributed by atoms with Gasteiger partial charge in [0.2, 0.25) is 0 Å². The monoisotopic (exact) mass is 341 g/mol. The second-order valence-corrected chi connectivity index (χ2v) is 5.83. The highest BCUT2D eigenvalue weighted by atomic mass is 16.6. The molecule has 0 fully saturated rings. The van der Waals surface area contributed by atoms with Gasteiger partial charge >= 0.3 is 6.03 Å². The molecule has 25 heavy (non-hydrogen) atoms. The molecular formula is C19H23N3O3. The van der Waals surface area contributed by atoms with Crippen LogP contribution in [0.15, 0.2) is 48.7 Å². The van der Waals surface area contributed by atoms with Crippen LogP contribution in [0.5, 0.6) is 11.5 Å². The van der Waals surface area contributed by atoms with Crippen molar-refractivity contribution >= 4 is 6.03 Å². The zero-order chi connectivity index (χ0) is 17.5. The van der Waals surface area contributed by atoms with E-state index in [1.54, 1.807) is 11.1 Å². The number of rotatable bonds is 6. The number of nitrogens with one attached hydrogen (secondary N) is 1. The molecule has 6 nitrogen and oxygen atoms in total. The number of likely N-dealkylation sites (N-methyl/N-ethyl adjacent to an activating group) is 1. The number of fused-ring (bicyclic) bond motifs is 1. The van der Waals surface area contributed by atoms with E-state index in [0.717, 1.165) is 23.6 Å². The molecule has 0 bridgehead atoms. The van der Waals surface area contributed by atoms with E-state index >= 15 is 0 Å². The Labute approximate surface area is 147 Å². The van der Waals surface area contributed by atoms with Gasteiger partial charge in [-0.1, -0.05) is 18.2 Å². The number of nitrogens with zero attached hydrogens (tertiary/aromatic N) is 2. The number of benzene rings is 1. The third-order valence-corrected chi connectivity index (χ3v) is 4.08. The summed E-state index contributed by atoms with van der Waals surface area (Å²) in [6.45, 7) is 4.08. The van der Waals surface area contributed by atoms with Crippen LogP contribution >= 0.6 is 0 Å². The molecule has 0 saturated heterocycles. The minimum Gasteiger partial charge on any atom is -0.486 e. The van der Waals surface area contributed by atoms with Gasteiger partial charge in [-0.25, -0.2) is 4.79 Å². The van der Waals surface area contributed by atoms with E-state index in [0.29, 0.717) is 26.2 Å². The van der Waals surface area contributed by atoms with Crippen LogP contribution in [0, 0.1) is 0 Å². The first-order chi connectivity index (χ1) is 12.3. The van der Waals surface area contributed by atoms with Gasteiger partial charge < -0.3 is 19.7 Å². The van der Waals surface area contributed by atoms with Crippen LogP contribution in [0.2, 0.25) is 0 Å². The van der Waals surface area contributed by atoms with E-state index in [4.69, 9.17) is 9.47 Å². The second-order valence-electron chi connectivity index (χ2n) is 5.83. The molecule has 0 saturated carbocycles. The minimum atomic E-state index is -0.187. The summed E-state index contributed by atoms with van der Waals surface area (Å²) >= 11 is 0. The molecule has 1 unspecified atom stereocenters. The maximum Gasteiger partial charge on any atom is 0.317 e. The summed E-state index contributed by atoms with van der Waals surface area (Å²) in [5, 5.41) is 2.93. The van der Waals surface area contributed by atoms with Crippen LogP contribution in [-0.4, -0.2) is 48.3 Å². The summed E-state index contributed by atoms with van der Waals surface area (Å²) in [7, 11) is 0. The molecule has 0 radical (unpaired) electrons. The van der Waals surface area contributed by atoms with Crippen molar-refractivity contribution in [1.82, 2.24) is 15.2 Å².